The number of hydrogen-bond acceptors (Lipinski definition) is 4. The van der Waals surface area contributed by atoms with Gasteiger partial charge < -0.3 is 10.3 Å². The number of halogens is 1. The molecule has 4 aromatic rings. The van der Waals surface area contributed by atoms with Crippen LogP contribution in [0.4, 0.5) is 0 Å². The summed E-state index contributed by atoms with van der Waals surface area (Å²) in [4.78, 5) is 24.0. The minimum Gasteiger partial charge on any atom is -0.370 e. The van der Waals surface area contributed by atoms with E-state index >= 15 is 0 Å². The average Bonchev–Trinajstić information content (AvgIpc) is 3.29. The normalized spacial score (nSPS) is 11.2. The van der Waals surface area contributed by atoms with E-state index in [1.807, 2.05) is 54.9 Å². The molecule has 1 radical (unpaired) electrons. The highest BCUT2D eigenvalue weighted by Gasteiger charge is 2.18. The van der Waals surface area contributed by atoms with Crippen molar-refractivity contribution in [3.8, 4) is 5.69 Å². The lowest BCUT2D eigenvalue weighted by Crippen LogP contribution is -2.14. The van der Waals surface area contributed by atoms with Crippen molar-refractivity contribution < 1.29 is 9.59 Å². The molecule has 0 aliphatic carbocycles. The van der Waals surface area contributed by atoms with Crippen LogP contribution in [0.3, 0.4) is 0 Å². The highest BCUT2D eigenvalue weighted by molar-refractivity contribution is 7.99. The Morgan fingerprint density at radius 1 is 1.26 bits per heavy atom. The van der Waals surface area contributed by atoms with Crippen LogP contribution < -0.4 is 5.73 Å². The van der Waals surface area contributed by atoms with E-state index in [1.165, 1.54) is 0 Å². The molecule has 2 aromatic heterocycles. The second-order valence-electron chi connectivity index (χ2n) is 7.16. The summed E-state index contributed by atoms with van der Waals surface area (Å²) in [5.74, 6) is -0.362. The fraction of sp³-hybridized carbons (Fsp3) is 0.174. The van der Waals surface area contributed by atoms with Gasteiger partial charge in [-0.05, 0) is 36.8 Å². The molecule has 2 heterocycles. The van der Waals surface area contributed by atoms with Gasteiger partial charge in [0.2, 0.25) is 12.2 Å². The molecule has 4 rings (SSSR count). The molecule has 2 aromatic carbocycles. The SMILES string of the molecule is Cc1c(Sc2cccc(C[C]=O)c2)c2ccc(Cl)cc2n1-c1cnn(CCC(N)=O)c1. The summed E-state index contributed by atoms with van der Waals surface area (Å²) in [6.07, 6.45) is 6.12. The van der Waals surface area contributed by atoms with Gasteiger partial charge in [0.1, 0.15) is 0 Å². The van der Waals surface area contributed by atoms with Crippen LogP contribution in [-0.2, 0) is 22.6 Å². The van der Waals surface area contributed by atoms with E-state index in [0.29, 0.717) is 11.6 Å². The number of nitrogens with two attached hydrogens (primary N) is 1. The number of primary amides is 1. The Balaban J connectivity index is 1.78. The summed E-state index contributed by atoms with van der Waals surface area (Å²) in [6.45, 7) is 2.48. The van der Waals surface area contributed by atoms with Crippen molar-refractivity contribution in [2.75, 3.05) is 0 Å². The number of amides is 1. The number of fused-ring (bicyclic) bond motifs is 1. The molecule has 0 bridgehead atoms. The van der Waals surface area contributed by atoms with Gasteiger partial charge in [-0.15, -0.1) is 0 Å². The first-order valence-corrected chi connectivity index (χ1v) is 10.9. The average molecular weight is 452 g/mol. The van der Waals surface area contributed by atoms with Gasteiger partial charge in [-0.25, -0.2) is 0 Å². The van der Waals surface area contributed by atoms with Crippen LogP contribution in [0, 0.1) is 6.92 Å². The van der Waals surface area contributed by atoms with E-state index < -0.39 is 0 Å². The molecule has 6 nitrogen and oxygen atoms in total. The topological polar surface area (TPSA) is 82.9 Å². The van der Waals surface area contributed by atoms with Gasteiger partial charge in [-0.2, -0.15) is 5.10 Å². The third kappa shape index (κ3) is 4.52. The van der Waals surface area contributed by atoms with Crippen molar-refractivity contribution in [2.24, 2.45) is 5.73 Å². The monoisotopic (exact) mass is 451 g/mol. The van der Waals surface area contributed by atoms with Crippen LogP contribution in [0.15, 0.2) is 64.6 Å². The molecule has 0 aliphatic rings. The van der Waals surface area contributed by atoms with Crippen molar-refractivity contribution in [3.05, 3.63) is 71.1 Å². The van der Waals surface area contributed by atoms with Gasteiger partial charge in [0.05, 0.1) is 17.4 Å². The zero-order chi connectivity index (χ0) is 22.0. The molecule has 2 N–H and O–H groups in total. The second kappa shape index (κ2) is 8.99. The summed E-state index contributed by atoms with van der Waals surface area (Å²) in [5.41, 5.74) is 9.08. The summed E-state index contributed by atoms with van der Waals surface area (Å²) in [7, 11) is 0. The molecule has 31 heavy (non-hydrogen) atoms. The number of aromatic nitrogens is 3. The quantitative estimate of drug-likeness (QED) is 0.428. The highest BCUT2D eigenvalue weighted by atomic mass is 35.5. The minimum absolute atomic E-state index is 0.230. The lowest BCUT2D eigenvalue weighted by molar-refractivity contribution is -0.118. The van der Waals surface area contributed by atoms with Crippen molar-refractivity contribution >= 4 is 46.5 Å². The van der Waals surface area contributed by atoms with Crippen LogP contribution in [0.5, 0.6) is 0 Å². The molecule has 157 valence electrons. The first-order chi connectivity index (χ1) is 15.0. The van der Waals surface area contributed by atoms with Crippen LogP contribution in [0.2, 0.25) is 5.02 Å². The molecular weight excluding hydrogens is 432 g/mol. The first-order valence-electron chi connectivity index (χ1n) is 9.70. The summed E-state index contributed by atoms with van der Waals surface area (Å²) >= 11 is 7.96. The van der Waals surface area contributed by atoms with Crippen molar-refractivity contribution in [2.45, 2.75) is 36.1 Å². The van der Waals surface area contributed by atoms with Gasteiger partial charge >= 0.3 is 0 Å². The maximum atomic E-state index is 11.1. The van der Waals surface area contributed by atoms with Crippen LogP contribution in [-0.4, -0.2) is 26.5 Å². The molecular formula is C23H20ClN4O2S. The smallest absolute Gasteiger partial charge is 0.219 e. The molecule has 1 amide bonds. The summed E-state index contributed by atoms with van der Waals surface area (Å²) < 4.78 is 3.82. The Kier molecular flexibility index (Phi) is 6.15. The van der Waals surface area contributed by atoms with Gasteiger partial charge in [-0.1, -0.05) is 41.6 Å². The third-order valence-corrected chi connectivity index (χ3v) is 6.41. The van der Waals surface area contributed by atoms with Gasteiger partial charge in [0.25, 0.3) is 0 Å². The Labute approximate surface area is 189 Å². The Morgan fingerprint density at radius 3 is 2.87 bits per heavy atom. The zero-order valence-corrected chi connectivity index (χ0v) is 18.4. The van der Waals surface area contributed by atoms with Gasteiger partial charge in [0.15, 0.2) is 0 Å². The van der Waals surface area contributed by atoms with Gasteiger partial charge in [-0.3, -0.25) is 14.3 Å². The maximum absolute atomic E-state index is 11.1. The predicted octanol–water partition coefficient (Wildman–Crippen LogP) is 4.47. The van der Waals surface area contributed by atoms with E-state index in [4.69, 9.17) is 17.3 Å². The maximum Gasteiger partial charge on any atom is 0.219 e. The third-order valence-electron chi connectivity index (χ3n) is 4.97. The number of benzene rings is 2. The fourth-order valence-corrected chi connectivity index (χ4v) is 4.84. The molecule has 0 fully saturated rings. The first kappa shape index (κ1) is 21.2. The van der Waals surface area contributed by atoms with Crippen LogP contribution in [0.25, 0.3) is 16.6 Å². The lowest BCUT2D eigenvalue weighted by Gasteiger charge is -2.07. The number of aryl methyl sites for hydroxylation is 1. The van der Waals surface area contributed by atoms with Gasteiger partial charge in [0, 0.05) is 51.5 Å². The molecule has 0 atom stereocenters. The predicted molar refractivity (Wildman–Crippen MR) is 123 cm³/mol. The minimum atomic E-state index is -0.362. The molecule has 0 aliphatic heterocycles. The fourth-order valence-electron chi connectivity index (χ4n) is 3.56. The molecule has 8 heteroatoms. The summed E-state index contributed by atoms with van der Waals surface area (Å²) in [5, 5.41) is 6.09. The van der Waals surface area contributed by atoms with Crippen LogP contribution in [0.1, 0.15) is 17.7 Å². The Morgan fingerprint density at radius 2 is 2.10 bits per heavy atom. The lowest BCUT2D eigenvalue weighted by atomic mass is 10.2. The zero-order valence-electron chi connectivity index (χ0n) is 16.8. The molecule has 0 unspecified atom stereocenters. The van der Waals surface area contributed by atoms with E-state index in [0.717, 1.165) is 37.6 Å². The number of nitrogens with zero attached hydrogens (tertiary/aromatic N) is 3. The number of carbonyl (C=O) groups excluding carboxylic acids is 2. The standard InChI is InChI=1S/C23H20ClN4O2S/c1-15-23(31-19-4-2-3-16(11-19)8-10-29)20-6-5-17(24)12-21(20)28(15)18-13-26-27(14-18)9-7-22(25)30/h2-6,11-14H,7-9H2,1H3,(H2,25,30). The largest absolute Gasteiger partial charge is 0.370 e. The molecule has 0 saturated heterocycles. The van der Waals surface area contributed by atoms with Crippen molar-refractivity contribution in [3.63, 3.8) is 0 Å². The van der Waals surface area contributed by atoms with Crippen molar-refractivity contribution in [1.29, 1.82) is 0 Å². The molecule has 0 spiro atoms. The van der Waals surface area contributed by atoms with E-state index in [-0.39, 0.29) is 18.7 Å². The van der Waals surface area contributed by atoms with E-state index in [9.17, 15) is 9.59 Å². The number of rotatable bonds is 8. The summed E-state index contributed by atoms with van der Waals surface area (Å²) in [6, 6.07) is 13.7. The Hall–Kier alpha value is -3.03. The van der Waals surface area contributed by atoms with Crippen LogP contribution >= 0.6 is 23.4 Å². The second-order valence-corrected chi connectivity index (χ2v) is 8.68. The molecule has 0 saturated carbocycles. The highest BCUT2D eigenvalue weighted by Crippen LogP contribution is 2.40. The van der Waals surface area contributed by atoms with Crippen molar-refractivity contribution in [1.82, 2.24) is 14.3 Å². The Bertz CT molecular complexity index is 1280. The number of carbonyl (C=O) groups is 1. The number of hydrogen-bond donors (Lipinski definition) is 1. The van der Waals surface area contributed by atoms with E-state index in [2.05, 4.69) is 16.6 Å². The van der Waals surface area contributed by atoms with E-state index in [1.54, 1.807) is 22.6 Å².